The fourth-order valence-electron chi connectivity index (χ4n) is 3.08. The zero-order valence-corrected chi connectivity index (χ0v) is 16.6. The minimum absolute atomic E-state index is 0.744. The number of hydrogen-bond donors (Lipinski definition) is 8. The maximum Gasteiger partial charge on any atom is 0.397 e. The molecule has 10 atom stereocenters. The summed E-state index contributed by atoms with van der Waals surface area (Å²) in [5.74, 6) is -2.46. The Bertz CT molecular complexity index is 761. The van der Waals surface area contributed by atoms with Gasteiger partial charge in [-0.2, -0.15) is 8.42 Å². The van der Waals surface area contributed by atoms with E-state index in [0.717, 1.165) is 6.92 Å². The van der Waals surface area contributed by atoms with Crippen molar-refractivity contribution in [3.8, 4) is 0 Å². The Labute approximate surface area is 174 Å². The average Bonchev–Trinajstić information content (AvgIpc) is 2.65. The van der Waals surface area contributed by atoms with Gasteiger partial charge in [0.1, 0.15) is 42.7 Å². The SMILES string of the molecule is CC(=O)NC1C(O)[C@H](O)C(COS(=O)(=O)O)O[C@@H]1O[C@@H]1C(C(=O)O)OC(O)C(O)C1O. The molecule has 0 aromatic carbocycles. The molecular weight excluding hydrogens is 454 g/mol. The number of aliphatic hydroxyl groups excluding tert-OH is 5. The van der Waals surface area contributed by atoms with E-state index in [4.69, 9.17) is 18.8 Å². The second kappa shape index (κ2) is 9.96. The first kappa shape index (κ1) is 25.7. The van der Waals surface area contributed by atoms with Crippen molar-refractivity contribution in [2.75, 3.05) is 6.61 Å². The summed E-state index contributed by atoms with van der Waals surface area (Å²) < 4.78 is 49.6. The van der Waals surface area contributed by atoms with Crippen LogP contribution in [0.1, 0.15) is 6.92 Å². The predicted molar refractivity (Wildman–Crippen MR) is 91.2 cm³/mol. The molecule has 0 aromatic heterocycles. The van der Waals surface area contributed by atoms with E-state index >= 15 is 0 Å². The molecule has 16 nitrogen and oxygen atoms in total. The number of carboxylic acids is 1. The predicted octanol–water partition coefficient (Wildman–Crippen LogP) is -5.33. The van der Waals surface area contributed by atoms with Gasteiger partial charge < -0.3 is 50.2 Å². The highest BCUT2D eigenvalue weighted by Crippen LogP contribution is 2.29. The first-order valence-corrected chi connectivity index (χ1v) is 10.1. The number of rotatable bonds is 7. The number of ether oxygens (including phenoxy) is 3. The summed E-state index contributed by atoms with van der Waals surface area (Å²) in [6.07, 6.45) is -17.3. The molecule has 0 saturated carbocycles. The van der Waals surface area contributed by atoms with Gasteiger partial charge in [-0.1, -0.05) is 0 Å². The van der Waals surface area contributed by atoms with E-state index in [0.29, 0.717) is 0 Å². The van der Waals surface area contributed by atoms with Crippen molar-refractivity contribution in [2.24, 2.45) is 0 Å². The van der Waals surface area contributed by atoms with Gasteiger partial charge in [-0.3, -0.25) is 9.35 Å². The highest BCUT2D eigenvalue weighted by atomic mass is 32.3. The van der Waals surface area contributed by atoms with Gasteiger partial charge in [-0.25, -0.2) is 8.98 Å². The third-order valence-corrected chi connectivity index (χ3v) is 4.98. The monoisotopic (exact) mass is 477 g/mol. The van der Waals surface area contributed by atoms with E-state index in [1.807, 2.05) is 0 Å². The molecule has 0 spiro atoms. The summed E-state index contributed by atoms with van der Waals surface area (Å²) in [4.78, 5) is 22.9. The maximum atomic E-state index is 11.5. The molecule has 0 radical (unpaired) electrons. The van der Waals surface area contributed by atoms with Gasteiger partial charge in [0.05, 0.1) is 6.61 Å². The first-order valence-electron chi connectivity index (χ1n) is 8.71. The van der Waals surface area contributed by atoms with E-state index < -0.39 is 90.2 Å². The van der Waals surface area contributed by atoms with Gasteiger partial charge in [0, 0.05) is 6.92 Å². The fraction of sp³-hybridized carbons (Fsp3) is 0.857. The zero-order chi connectivity index (χ0) is 23.7. The number of amides is 1. The summed E-state index contributed by atoms with van der Waals surface area (Å²) in [6.45, 7) is 0.0134. The summed E-state index contributed by atoms with van der Waals surface area (Å²) in [7, 11) is -4.97. The Kier molecular flexibility index (Phi) is 8.27. The number of hydrogen-bond acceptors (Lipinski definition) is 13. The van der Waals surface area contributed by atoms with Crippen LogP contribution in [0, 0.1) is 0 Å². The van der Waals surface area contributed by atoms with Gasteiger partial charge in [-0.05, 0) is 0 Å². The molecule has 0 aromatic rings. The molecule has 0 aliphatic carbocycles. The van der Waals surface area contributed by atoms with Crippen LogP contribution in [0.25, 0.3) is 0 Å². The first-order chi connectivity index (χ1) is 14.2. The summed E-state index contributed by atoms with van der Waals surface area (Å²) >= 11 is 0. The fourth-order valence-corrected chi connectivity index (χ4v) is 3.39. The minimum Gasteiger partial charge on any atom is -0.479 e. The molecule has 0 bridgehead atoms. The van der Waals surface area contributed by atoms with Crippen LogP contribution in [-0.2, 0) is 38.4 Å². The number of aliphatic carboxylic acids is 1. The lowest BCUT2D eigenvalue weighted by Crippen LogP contribution is -2.68. The number of carboxylic acid groups (broad SMARTS) is 1. The van der Waals surface area contributed by atoms with E-state index in [1.165, 1.54) is 0 Å². The lowest BCUT2D eigenvalue weighted by atomic mass is 9.95. The smallest absolute Gasteiger partial charge is 0.397 e. The van der Waals surface area contributed by atoms with Crippen molar-refractivity contribution in [1.82, 2.24) is 5.32 Å². The van der Waals surface area contributed by atoms with Gasteiger partial charge >= 0.3 is 16.4 Å². The maximum absolute atomic E-state index is 11.5. The topological polar surface area (TPSA) is 259 Å². The minimum atomic E-state index is -4.97. The molecular formula is C14H23NO15S. The molecule has 2 saturated heterocycles. The molecule has 2 rings (SSSR count). The molecule has 2 fully saturated rings. The second-order valence-electron chi connectivity index (χ2n) is 6.83. The van der Waals surface area contributed by atoms with E-state index in [1.54, 1.807) is 0 Å². The molecule has 17 heteroatoms. The molecule has 2 heterocycles. The Morgan fingerprint density at radius 2 is 1.61 bits per heavy atom. The van der Waals surface area contributed by atoms with E-state index in [2.05, 4.69) is 9.50 Å². The number of nitrogens with one attached hydrogen (secondary N) is 1. The molecule has 2 aliphatic rings. The molecule has 2 aliphatic heterocycles. The number of carbonyl (C=O) groups is 2. The Morgan fingerprint density at radius 3 is 2.13 bits per heavy atom. The van der Waals surface area contributed by atoms with Crippen molar-refractivity contribution in [1.29, 1.82) is 0 Å². The highest BCUT2D eigenvalue weighted by molar-refractivity contribution is 7.80. The van der Waals surface area contributed by atoms with Crippen LogP contribution in [0.3, 0.4) is 0 Å². The Morgan fingerprint density at radius 1 is 1.00 bits per heavy atom. The number of carbonyl (C=O) groups excluding carboxylic acids is 1. The molecule has 180 valence electrons. The van der Waals surface area contributed by atoms with Crippen molar-refractivity contribution in [3.63, 3.8) is 0 Å². The van der Waals surface area contributed by atoms with Crippen LogP contribution in [-0.4, -0.2) is 123 Å². The van der Waals surface area contributed by atoms with E-state index in [9.17, 15) is 48.6 Å². The summed E-state index contributed by atoms with van der Waals surface area (Å²) in [6, 6.07) is -1.57. The van der Waals surface area contributed by atoms with Gasteiger partial charge in [0.15, 0.2) is 18.7 Å². The van der Waals surface area contributed by atoms with Crippen LogP contribution >= 0.6 is 0 Å². The van der Waals surface area contributed by atoms with Crippen molar-refractivity contribution in [2.45, 2.75) is 68.3 Å². The second-order valence-corrected chi connectivity index (χ2v) is 7.92. The standard InChI is InChI=1S/C14H23NO15S/c1-3(16)15-5-7(18)6(17)4(2-27-31(24,25)26)28-14(5)30-10-8(19)9(20)13(23)29-11(10)12(21)22/h4-11,13-14,17-20,23H,2H2,1H3,(H,15,16)(H,21,22)(H,24,25,26)/t4?,5?,6-,7?,8?,9?,10+,11?,13?,14-/m1/s1. The molecule has 8 N–H and O–H groups in total. The van der Waals surface area contributed by atoms with Crippen LogP contribution in [0.2, 0.25) is 0 Å². The van der Waals surface area contributed by atoms with Crippen LogP contribution in [0.5, 0.6) is 0 Å². The number of aliphatic hydroxyl groups is 5. The quantitative estimate of drug-likeness (QED) is 0.159. The Hall–Kier alpha value is -1.51. The van der Waals surface area contributed by atoms with Crippen molar-refractivity contribution in [3.05, 3.63) is 0 Å². The third kappa shape index (κ3) is 6.26. The average molecular weight is 477 g/mol. The van der Waals surface area contributed by atoms with Crippen molar-refractivity contribution >= 4 is 22.3 Å². The molecule has 31 heavy (non-hydrogen) atoms. The van der Waals surface area contributed by atoms with Gasteiger partial charge in [-0.15, -0.1) is 0 Å². The lowest BCUT2D eigenvalue weighted by Gasteiger charge is -2.46. The zero-order valence-electron chi connectivity index (χ0n) is 15.8. The normalized spacial score (nSPS) is 41.5. The summed E-state index contributed by atoms with van der Waals surface area (Å²) in [5.41, 5.74) is 0. The summed E-state index contributed by atoms with van der Waals surface area (Å²) in [5, 5.41) is 61.3. The molecule has 7 unspecified atom stereocenters. The Balaban J connectivity index is 2.30. The van der Waals surface area contributed by atoms with Crippen LogP contribution in [0.4, 0.5) is 0 Å². The van der Waals surface area contributed by atoms with Crippen molar-refractivity contribution < 1.29 is 71.6 Å². The van der Waals surface area contributed by atoms with Gasteiger partial charge in [0.25, 0.3) is 0 Å². The lowest BCUT2D eigenvalue weighted by molar-refractivity contribution is -0.335. The van der Waals surface area contributed by atoms with Crippen LogP contribution < -0.4 is 5.32 Å². The third-order valence-electron chi connectivity index (χ3n) is 4.55. The van der Waals surface area contributed by atoms with Gasteiger partial charge in [0.2, 0.25) is 5.91 Å². The van der Waals surface area contributed by atoms with E-state index in [-0.39, 0.29) is 0 Å². The highest BCUT2D eigenvalue weighted by Gasteiger charge is 2.52. The van der Waals surface area contributed by atoms with Crippen LogP contribution in [0.15, 0.2) is 0 Å². The largest absolute Gasteiger partial charge is 0.479 e. The molecule has 1 amide bonds.